The Morgan fingerprint density at radius 2 is 1.38 bits per heavy atom. The molecule has 0 atom stereocenters. The van der Waals surface area contributed by atoms with Crippen LogP contribution in [0, 0.1) is 0 Å². The fourth-order valence-corrected chi connectivity index (χ4v) is 3.11. The first kappa shape index (κ1) is 18.2. The summed E-state index contributed by atoms with van der Waals surface area (Å²) in [6, 6.07) is 24.6. The molecule has 1 heterocycles. The molecule has 0 aliphatic carbocycles. The van der Waals surface area contributed by atoms with E-state index in [2.05, 4.69) is 10.3 Å². The summed E-state index contributed by atoms with van der Waals surface area (Å²) in [4.78, 5) is 42.1. The first-order valence-corrected chi connectivity index (χ1v) is 9.05. The minimum absolute atomic E-state index is 0.256. The summed E-state index contributed by atoms with van der Waals surface area (Å²) < 4.78 is 0.967. The van der Waals surface area contributed by atoms with Crippen LogP contribution in [0.25, 0.3) is 10.9 Å². The van der Waals surface area contributed by atoms with Crippen molar-refractivity contribution in [3.8, 4) is 0 Å². The van der Waals surface area contributed by atoms with Crippen molar-refractivity contribution in [3.63, 3.8) is 0 Å². The Kier molecular flexibility index (Phi) is 4.94. The maximum absolute atomic E-state index is 13.0. The quantitative estimate of drug-likeness (QED) is 0.565. The SMILES string of the molecule is O=C(NCn1c(=O)[nH]c2ccccc2c1=O)N(c1ccccc1)c1ccccc1. The lowest BCUT2D eigenvalue weighted by Gasteiger charge is -2.23. The number of hydrogen-bond donors (Lipinski definition) is 2. The van der Waals surface area contributed by atoms with E-state index in [1.807, 2.05) is 60.7 Å². The average Bonchev–Trinajstić information content (AvgIpc) is 2.75. The second-order valence-corrected chi connectivity index (χ2v) is 6.36. The van der Waals surface area contributed by atoms with Crippen LogP contribution < -0.4 is 21.5 Å². The van der Waals surface area contributed by atoms with Crippen molar-refractivity contribution in [1.82, 2.24) is 14.9 Å². The van der Waals surface area contributed by atoms with Crippen LogP contribution in [0.5, 0.6) is 0 Å². The Hall–Kier alpha value is -4.13. The van der Waals surface area contributed by atoms with Gasteiger partial charge in [0, 0.05) is 0 Å². The van der Waals surface area contributed by atoms with Crippen LogP contribution in [0.2, 0.25) is 0 Å². The number of aromatic amines is 1. The van der Waals surface area contributed by atoms with Crippen LogP contribution in [0.4, 0.5) is 16.2 Å². The van der Waals surface area contributed by atoms with Crippen molar-refractivity contribution in [3.05, 3.63) is 106 Å². The molecule has 2 N–H and O–H groups in total. The van der Waals surface area contributed by atoms with Gasteiger partial charge in [-0.15, -0.1) is 0 Å². The summed E-state index contributed by atoms with van der Waals surface area (Å²) in [5, 5.41) is 3.05. The summed E-state index contributed by atoms with van der Waals surface area (Å²) in [5.41, 5.74) is 0.739. The molecule has 3 aromatic carbocycles. The van der Waals surface area contributed by atoms with E-state index >= 15 is 0 Å². The zero-order valence-electron chi connectivity index (χ0n) is 15.4. The third kappa shape index (κ3) is 3.66. The van der Waals surface area contributed by atoms with E-state index in [4.69, 9.17) is 0 Å². The smallest absolute Gasteiger partial charge is 0.319 e. The van der Waals surface area contributed by atoms with Gasteiger partial charge in [0.15, 0.2) is 0 Å². The van der Waals surface area contributed by atoms with Gasteiger partial charge in [-0.3, -0.25) is 9.69 Å². The van der Waals surface area contributed by atoms with E-state index in [0.29, 0.717) is 22.3 Å². The van der Waals surface area contributed by atoms with E-state index in [0.717, 1.165) is 4.57 Å². The van der Waals surface area contributed by atoms with E-state index in [1.165, 1.54) is 4.90 Å². The number of aromatic nitrogens is 2. The average molecular weight is 386 g/mol. The monoisotopic (exact) mass is 386 g/mol. The Bertz CT molecular complexity index is 1220. The van der Waals surface area contributed by atoms with Gasteiger partial charge in [-0.25, -0.2) is 14.2 Å². The van der Waals surface area contributed by atoms with Gasteiger partial charge in [0.1, 0.15) is 6.67 Å². The molecule has 0 aliphatic rings. The van der Waals surface area contributed by atoms with Gasteiger partial charge in [-0.2, -0.15) is 0 Å². The van der Waals surface area contributed by atoms with Crippen molar-refractivity contribution < 1.29 is 4.79 Å². The molecule has 0 bridgehead atoms. The lowest BCUT2D eigenvalue weighted by Crippen LogP contribution is -2.44. The first-order valence-electron chi connectivity index (χ1n) is 9.05. The van der Waals surface area contributed by atoms with Crippen molar-refractivity contribution in [1.29, 1.82) is 0 Å². The van der Waals surface area contributed by atoms with E-state index in [-0.39, 0.29) is 6.67 Å². The zero-order chi connectivity index (χ0) is 20.2. The van der Waals surface area contributed by atoms with Crippen LogP contribution in [0.1, 0.15) is 0 Å². The molecule has 0 aliphatic heterocycles. The number of carbonyl (C=O) groups excluding carboxylic acids is 1. The Morgan fingerprint density at radius 3 is 2.00 bits per heavy atom. The second kappa shape index (κ2) is 7.85. The summed E-state index contributed by atoms with van der Waals surface area (Å²) in [6.45, 7) is -0.256. The van der Waals surface area contributed by atoms with Crippen LogP contribution in [-0.2, 0) is 6.67 Å². The number of amides is 2. The molecule has 7 nitrogen and oxygen atoms in total. The highest BCUT2D eigenvalue weighted by Crippen LogP contribution is 2.24. The number of nitrogens with zero attached hydrogens (tertiary/aromatic N) is 2. The number of carbonyl (C=O) groups is 1. The number of benzene rings is 3. The number of hydrogen-bond acceptors (Lipinski definition) is 3. The summed E-state index contributed by atoms with van der Waals surface area (Å²) >= 11 is 0. The number of urea groups is 1. The standard InChI is InChI=1S/C22H18N4O3/c27-20-18-13-7-8-14-19(18)24-22(29)25(20)15-23-21(28)26(16-9-3-1-4-10-16)17-11-5-2-6-12-17/h1-14H,15H2,(H,23,28)(H,24,29). The van der Waals surface area contributed by atoms with Gasteiger partial charge in [0.05, 0.1) is 22.3 Å². The van der Waals surface area contributed by atoms with Gasteiger partial charge in [-0.05, 0) is 36.4 Å². The molecule has 4 rings (SSSR count). The van der Waals surface area contributed by atoms with E-state index in [9.17, 15) is 14.4 Å². The summed E-state index contributed by atoms with van der Waals surface area (Å²) in [5.74, 6) is 0. The van der Waals surface area contributed by atoms with E-state index in [1.54, 1.807) is 24.3 Å². The maximum Gasteiger partial charge on any atom is 0.330 e. The van der Waals surface area contributed by atoms with Crippen LogP contribution >= 0.6 is 0 Å². The molecule has 0 saturated carbocycles. The lowest BCUT2D eigenvalue weighted by molar-refractivity contribution is 0.245. The molecular formula is C22H18N4O3. The third-order valence-electron chi connectivity index (χ3n) is 4.51. The van der Waals surface area contributed by atoms with Crippen LogP contribution in [0.3, 0.4) is 0 Å². The molecular weight excluding hydrogens is 368 g/mol. The lowest BCUT2D eigenvalue weighted by atomic mass is 10.2. The van der Waals surface area contributed by atoms with E-state index < -0.39 is 17.3 Å². The first-order chi connectivity index (χ1) is 14.1. The highest BCUT2D eigenvalue weighted by atomic mass is 16.2. The van der Waals surface area contributed by atoms with Crippen molar-refractivity contribution >= 4 is 28.3 Å². The van der Waals surface area contributed by atoms with Gasteiger partial charge in [0.25, 0.3) is 5.56 Å². The third-order valence-corrected chi connectivity index (χ3v) is 4.51. The number of H-pyrrole nitrogens is 1. The highest BCUT2D eigenvalue weighted by molar-refractivity contribution is 5.99. The number of fused-ring (bicyclic) bond motifs is 1. The molecule has 0 spiro atoms. The van der Waals surface area contributed by atoms with Gasteiger partial charge in [0.2, 0.25) is 0 Å². The Balaban J connectivity index is 1.65. The predicted molar refractivity (Wildman–Crippen MR) is 112 cm³/mol. The molecule has 4 aromatic rings. The number of anilines is 2. The maximum atomic E-state index is 13.0. The Morgan fingerprint density at radius 1 is 0.828 bits per heavy atom. The summed E-state index contributed by atoms with van der Waals surface area (Å²) in [7, 11) is 0. The topological polar surface area (TPSA) is 87.2 Å². The largest absolute Gasteiger partial charge is 0.330 e. The molecule has 0 fully saturated rings. The molecule has 29 heavy (non-hydrogen) atoms. The van der Waals surface area contributed by atoms with Crippen molar-refractivity contribution in [2.24, 2.45) is 0 Å². The van der Waals surface area contributed by atoms with Gasteiger partial charge in [-0.1, -0.05) is 48.5 Å². The molecule has 7 heteroatoms. The molecule has 0 saturated heterocycles. The fraction of sp³-hybridized carbons (Fsp3) is 0.0455. The normalized spacial score (nSPS) is 10.6. The minimum atomic E-state index is -0.583. The Labute approximate surface area is 165 Å². The van der Waals surface area contributed by atoms with Crippen molar-refractivity contribution in [2.75, 3.05) is 4.90 Å². The molecule has 1 aromatic heterocycles. The molecule has 0 unspecified atom stereocenters. The minimum Gasteiger partial charge on any atom is -0.319 e. The molecule has 0 radical (unpaired) electrons. The van der Waals surface area contributed by atoms with Crippen LogP contribution in [-0.4, -0.2) is 15.6 Å². The zero-order valence-corrected chi connectivity index (χ0v) is 15.4. The van der Waals surface area contributed by atoms with Gasteiger partial charge >= 0.3 is 11.7 Å². The second-order valence-electron chi connectivity index (χ2n) is 6.36. The predicted octanol–water partition coefficient (Wildman–Crippen LogP) is 3.20. The molecule has 144 valence electrons. The number of nitrogens with one attached hydrogen (secondary N) is 2. The summed E-state index contributed by atoms with van der Waals surface area (Å²) in [6.07, 6.45) is 0. The molecule has 2 amide bonds. The number of rotatable bonds is 4. The fourth-order valence-electron chi connectivity index (χ4n) is 3.11. The van der Waals surface area contributed by atoms with Crippen LogP contribution in [0.15, 0.2) is 94.5 Å². The van der Waals surface area contributed by atoms with Gasteiger partial charge < -0.3 is 10.3 Å². The number of para-hydroxylation sites is 3. The highest BCUT2D eigenvalue weighted by Gasteiger charge is 2.18. The van der Waals surface area contributed by atoms with Crippen molar-refractivity contribution in [2.45, 2.75) is 6.67 Å².